The SMILES string of the molecule is O=C(c1ccccn1)N1[C@@H]2CCC[C@H]1C2. The van der Waals surface area contributed by atoms with Gasteiger partial charge in [-0.1, -0.05) is 6.07 Å². The number of pyridine rings is 1. The van der Waals surface area contributed by atoms with Crippen molar-refractivity contribution in [3.8, 4) is 0 Å². The predicted octanol–water partition coefficient (Wildman–Crippen LogP) is 1.85. The highest BCUT2D eigenvalue weighted by Gasteiger charge is 2.44. The smallest absolute Gasteiger partial charge is 0.272 e. The van der Waals surface area contributed by atoms with Crippen LogP contribution in [0.5, 0.6) is 0 Å². The Bertz CT molecular complexity index is 362. The average molecular weight is 202 g/mol. The maximum atomic E-state index is 12.1. The molecule has 0 spiro atoms. The lowest BCUT2D eigenvalue weighted by atomic mass is 9.79. The molecular weight excluding hydrogens is 188 g/mol. The van der Waals surface area contributed by atoms with Crippen molar-refractivity contribution in [3.63, 3.8) is 0 Å². The number of hydrogen-bond acceptors (Lipinski definition) is 2. The summed E-state index contributed by atoms with van der Waals surface area (Å²) < 4.78 is 0. The van der Waals surface area contributed by atoms with Gasteiger partial charge in [0.25, 0.3) is 5.91 Å². The molecule has 3 rings (SSSR count). The van der Waals surface area contributed by atoms with Gasteiger partial charge >= 0.3 is 0 Å². The molecule has 2 aliphatic heterocycles. The highest BCUT2D eigenvalue weighted by atomic mass is 16.2. The summed E-state index contributed by atoms with van der Waals surface area (Å²) in [4.78, 5) is 18.3. The summed E-state index contributed by atoms with van der Waals surface area (Å²) in [7, 11) is 0. The van der Waals surface area contributed by atoms with Crippen LogP contribution in [0.15, 0.2) is 24.4 Å². The van der Waals surface area contributed by atoms with E-state index in [1.165, 1.54) is 25.7 Å². The van der Waals surface area contributed by atoms with Crippen LogP contribution in [0.2, 0.25) is 0 Å². The first-order chi connectivity index (χ1) is 7.36. The quantitative estimate of drug-likeness (QED) is 0.696. The molecule has 15 heavy (non-hydrogen) atoms. The van der Waals surface area contributed by atoms with E-state index < -0.39 is 0 Å². The molecule has 0 saturated carbocycles. The predicted molar refractivity (Wildman–Crippen MR) is 56.5 cm³/mol. The van der Waals surface area contributed by atoms with Gasteiger partial charge < -0.3 is 4.90 Å². The van der Waals surface area contributed by atoms with Crippen LogP contribution >= 0.6 is 0 Å². The first kappa shape index (κ1) is 8.89. The van der Waals surface area contributed by atoms with Gasteiger partial charge in [0, 0.05) is 18.3 Å². The minimum absolute atomic E-state index is 0.122. The lowest BCUT2D eigenvalue weighted by Gasteiger charge is -2.52. The lowest BCUT2D eigenvalue weighted by Crippen LogP contribution is -2.61. The van der Waals surface area contributed by atoms with E-state index in [0.717, 1.165) is 0 Å². The van der Waals surface area contributed by atoms with E-state index in [9.17, 15) is 4.79 Å². The van der Waals surface area contributed by atoms with Crippen LogP contribution in [0.1, 0.15) is 36.2 Å². The Morgan fingerprint density at radius 2 is 2.13 bits per heavy atom. The highest BCUT2D eigenvalue weighted by molar-refractivity contribution is 5.93. The normalized spacial score (nSPS) is 28.4. The minimum atomic E-state index is 0.122. The third kappa shape index (κ3) is 1.34. The molecule has 2 aliphatic rings. The van der Waals surface area contributed by atoms with Crippen molar-refractivity contribution < 1.29 is 4.79 Å². The zero-order valence-corrected chi connectivity index (χ0v) is 8.60. The Kier molecular flexibility index (Phi) is 1.97. The minimum Gasteiger partial charge on any atom is -0.331 e. The first-order valence-electron chi connectivity index (χ1n) is 5.60. The summed E-state index contributed by atoms with van der Waals surface area (Å²) in [5, 5.41) is 0. The molecule has 2 atom stereocenters. The van der Waals surface area contributed by atoms with E-state index in [2.05, 4.69) is 4.98 Å². The molecule has 0 unspecified atom stereocenters. The summed E-state index contributed by atoms with van der Waals surface area (Å²) in [6, 6.07) is 6.51. The highest BCUT2D eigenvalue weighted by Crippen LogP contribution is 2.38. The van der Waals surface area contributed by atoms with Gasteiger partial charge in [-0.05, 0) is 37.8 Å². The molecule has 0 N–H and O–H groups in total. The van der Waals surface area contributed by atoms with Crippen molar-refractivity contribution in [2.75, 3.05) is 0 Å². The molecule has 1 aromatic rings. The first-order valence-corrected chi connectivity index (χ1v) is 5.60. The topological polar surface area (TPSA) is 33.2 Å². The van der Waals surface area contributed by atoms with Gasteiger partial charge in [0.1, 0.15) is 5.69 Å². The number of nitrogens with zero attached hydrogens (tertiary/aromatic N) is 2. The van der Waals surface area contributed by atoms with Crippen molar-refractivity contribution in [1.82, 2.24) is 9.88 Å². The fourth-order valence-electron chi connectivity index (χ4n) is 2.76. The summed E-state index contributed by atoms with van der Waals surface area (Å²) >= 11 is 0. The number of hydrogen-bond donors (Lipinski definition) is 0. The van der Waals surface area contributed by atoms with E-state index in [1.54, 1.807) is 12.3 Å². The molecule has 2 saturated heterocycles. The fraction of sp³-hybridized carbons (Fsp3) is 0.500. The van der Waals surface area contributed by atoms with E-state index >= 15 is 0 Å². The average Bonchev–Trinajstić information content (AvgIpc) is 2.31. The maximum absolute atomic E-state index is 12.1. The van der Waals surface area contributed by atoms with Gasteiger partial charge in [0.05, 0.1) is 0 Å². The van der Waals surface area contributed by atoms with Crippen LogP contribution in [0.25, 0.3) is 0 Å². The number of carbonyl (C=O) groups is 1. The van der Waals surface area contributed by atoms with Gasteiger partial charge in [-0.3, -0.25) is 9.78 Å². The van der Waals surface area contributed by atoms with Crippen LogP contribution in [0.4, 0.5) is 0 Å². The molecule has 78 valence electrons. The molecule has 0 aromatic carbocycles. The van der Waals surface area contributed by atoms with Crippen LogP contribution < -0.4 is 0 Å². The zero-order chi connectivity index (χ0) is 10.3. The van der Waals surface area contributed by atoms with Gasteiger partial charge in [-0.2, -0.15) is 0 Å². The van der Waals surface area contributed by atoms with Gasteiger partial charge in [0.15, 0.2) is 0 Å². The summed E-state index contributed by atoms with van der Waals surface area (Å²) in [5.74, 6) is 0.122. The number of carbonyl (C=O) groups excluding carboxylic acids is 1. The third-order valence-corrected chi connectivity index (χ3v) is 3.52. The molecule has 0 aliphatic carbocycles. The number of piperidine rings is 1. The summed E-state index contributed by atoms with van der Waals surface area (Å²) in [6.07, 6.45) is 6.52. The monoisotopic (exact) mass is 202 g/mol. The van der Waals surface area contributed by atoms with Crippen LogP contribution in [0.3, 0.4) is 0 Å². The molecule has 2 fully saturated rings. The number of aromatic nitrogens is 1. The second-order valence-corrected chi connectivity index (χ2v) is 4.40. The third-order valence-electron chi connectivity index (χ3n) is 3.52. The summed E-state index contributed by atoms with van der Waals surface area (Å²) in [5.41, 5.74) is 0.592. The maximum Gasteiger partial charge on any atom is 0.272 e. The van der Waals surface area contributed by atoms with Gasteiger partial charge in [-0.25, -0.2) is 0 Å². The summed E-state index contributed by atoms with van der Waals surface area (Å²) in [6.45, 7) is 0. The van der Waals surface area contributed by atoms with Crippen molar-refractivity contribution >= 4 is 5.91 Å². The lowest BCUT2D eigenvalue weighted by molar-refractivity contribution is -0.0121. The van der Waals surface area contributed by atoms with Crippen LogP contribution in [-0.2, 0) is 0 Å². The largest absolute Gasteiger partial charge is 0.331 e. The number of fused-ring (bicyclic) bond motifs is 2. The van der Waals surface area contributed by atoms with E-state index in [1.807, 2.05) is 17.0 Å². The van der Waals surface area contributed by atoms with Crippen LogP contribution in [-0.4, -0.2) is 27.9 Å². The van der Waals surface area contributed by atoms with Gasteiger partial charge in [-0.15, -0.1) is 0 Å². The Morgan fingerprint density at radius 3 is 2.73 bits per heavy atom. The number of amides is 1. The van der Waals surface area contributed by atoms with E-state index in [4.69, 9.17) is 0 Å². The zero-order valence-electron chi connectivity index (χ0n) is 8.60. The molecule has 1 amide bonds. The Hall–Kier alpha value is -1.38. The number of rotatable bonds is 1. The molecule has 0 radical (unpaired) electrons. The van der Waals surface area contributed by atoms with Crippen molar-refractivity contribution in [3.05, 3.63) is 30.1 Å². The van der Waals surface area contributed by atoms with Crippen molar-refractivity contribution in [1.29, 1.82) is 0 Å². The van der Waals surface area contributed by atoms with Crippen molar-refractivity contribution in [2.45, 2.75) is 37.8 Å². The Labute approximate surface area is 89.1 Å². The molecule has 3 heterocycles. The second-order valence-electron chi connectivity index (χ2n) is 4.40. The Morgan fingerprint density at radius 1 is 1.33 bits per heavy atom. The van der Waals surface area contributed by atoms with Crippen LogP contribution in [0, 0.1) is 0 Å². The molecular formula is C12H14N2O. The molecule has 3 nitrogen and oxygen atoms in total. The fourth-order valence-corrected chi connectivity index (χ4v) is 2.76. The Balaban J connectivity index is 1.81. The van der Waals surface area contributed by atoms with Crippen molar-refractivity contribution in [2.24, 2.45) is 0 Å². The van der Waals surface area contributed by atoms with Gasteiger partial charge in [0.2, 0.25) is 0 Å². The molecule has 1 aromatic heterocycles. The van der Waals surface area contributed by atoms with E-state index in [0.29, 0.717) is 17.8 Å². The standard InChI is InChI=1S/C12H14N2O/c15-12(11-6-1-2-7-13-11)14-9-4-3-5-10(14)8-9/h1-2,6-7,9-10H,3-5,8H2/t9-,10+. The molecule has 3 heteroatoms. The second kappa shape index (κ2) is 3.33. The molecule has 2 bridgehead atoms. The van der Waals surface area contributed by atoms with E-state index in [-0.39, 0.29) is 5.91 Å².